The summed E-state index contributed by atoms with van der Waals surface area (Å²) in [6.45, 7) is 3.15. The molecule has 0 aliphatic carbocycles. The van der Waals surface area contributed by atoms with Crippen molar-refractivity contribution in [2.75, 3.05) is 52.2 Å². The lowest BCUT2D eigenvalue weighted by Crippen LogP contribution is -2.47. The lowest BCUT2D eigenvalue weighted by molar-refractivity contribution is 0.0664. The number of anilines is 1. The van der Waals surface area contributed by atoms with Crippen molar-refractivity contribution in [1.29, 1.82) is 0 Å². The van der Waals surface area contributed by atoms with Crippen LogP contribution < -0.4 is 4.90 Å². The van der Waals surface area contributed by atoms with Gasteiger partial charge in [0, 0.05) is 62.7 Å². The van der Waals surface area contributed by atoms with E-state index in [0.29, 0.717) is 41.1 Å². The zero-order valence-electron chi connectivity index (χ0n) is 20.2. The van der Waals surface area contributed by atoms with Gasteiger partial charge in [-0.3, -0.25) is 4.79 Å². The van der Waals surface area contributed by atoms with Crippen LogP contribution in [0.15, 0.2) is 66.7 Å². The number of fused-ring (bicyclic) bond motifs is 1. The van der Waals surface area contributed by atoms with Crippen molar-refractivity contribution in [1.82, 2.24) is 19.8 Å². The molecular formula is C28H28FN5O. The maximum absolute atomic E-state index is 13.7. The molecule has 0 saturated carbocycles. The second kappa shape index (κ2) is 9.43. The Morgan fingerprint density at radius 2 is 1.51 bits per heavy atom. The molecule has 0 atom stereocenters. The molecule has 1 amide bonds. The first-order valence-corrected chi connectivity index (χ1v) is 11.7. The number of rotatable bonds is 4. The molecule has 5 rings (SSSR count). The van der Waals surface area contributed by atoms with Gasteiger partial charge in [-0.05, 0) is 61.6 Å². The van der Waals surface area contributed by atoms with Crippen LogP contribution in [0.5, 0.6) is 0 Å². The van der Waals surface area contributed by atoms with Gasteiger partial charge in [0.05, 0.1) is 22.4 Å². The van der Waals surface area contributed by atoms with Gasteiger partial charge in [-0.15, -0.1) is 0 Å². The van der Waals surface area contributed by atoms with E-state index in [0.717, 1.165) is 29.9 Å². The van der Waals surface area contributed by atoms with Gasteiger partial charge in [-0.2, -0.15) is 0 Å². The minimum Gasteiger partial charge on any atom is -0.378 e. The third-order valence-corrected chi connectivity index (χ3v) is 6.46. The van der Waals surface area contributed by atoms with Crippen molar-refractivity contribution in [3.8, 4) is 22.5 Å². The Balaban J connectivity index is 1.62. The van der Waals surface area contributed by atoms with Crippen LogP contribution >= 0.6 is 0 Å². The van der Waals surface area contributed by atoms with Crippen LogP contribution in [0.1, 0.15) is 10.4 Å². The lowest BCUT2D eigenvalue weighted by atomic mass is 10.0. The van der Waals surface area contributed by atoms with Gasteiger partial charge in [0.1, 0.15) is 5.82 Å². The second-order valence-corrected chi connectivity index (χ2v) is 9.17. The Hall–Kier alpha value is -3.84. The Morgan fingerprint density at radius 1 is 0.829 bits per heavy atom. The summed E-state index contributed by atoms with van der Waals surface area (Å²) in [6, 6.07) is 19.9. The highest BCUT2D eigenvalue weighted by Crippen LogP contribution is 2.33. The number of carbonyl (C=O) groups excluding carboxylic acids is 1. The third kappa shape index (κ3) is 4.72. The van der Waals surface area contributed by atoms with Crippen LogP contribution in [-0.2, 0) is 0 Å². The Morgan fingerprint density at radius 3 is 2.23 bits per heavy atom. The summed E-state index contributed by atoms with van der Waals surface area (Å²) in [5.41, 5.74) is 6.03. The number of carbonyl (C=O) groups is 1. The van der Waals surface area contributed by atoms with Gasteiger partial charge in [-0.25, -0.2) is 14.4 Å². The third-order valence-electron chi connectivity index (χ3n) is 6.46. The number of benzene rings is 3. The summed E-state index contributed by atoms with van der Waals surface area (Å²) < 4.78 is 13.7. The number of nitrogens with zero attached hydrogens (tertiary/aromatic N) is 5. The fourth-order valence-electron chi connectivity index (χ4n) is 4.32. The van der Waals surface area contributed by atoms with E-state index in [-0.39, 0.29) is 11.7 Å². The molecule has 0 bridgehead atoms. The minimum atomic E-state index is -0.307. The smallest absolute Gasteiger partial charge is 0.254 e. The van der Waals surface area contributed by atoms with Crippen LogP contribution in [0.25, 0.3) is 33.5 Å². The Bertz CT molecular complexity index is 1380. The molecule has 4 aromatic rings. The van der Waals surface area contributed by atoms with Crippen LogP contribution in [0.2, 0.25) is 0 Å². The minimum absolute atomic E-state index is 0.00731. The number of aromatic nitrogens is 2. The molecular weight excluding hydrogens is 441 g/mol. The van der Waals surface area contributed by atoms with E-state index in [1.165, 1.54) is 12.1 Å². The van der Waals surface area contributed by atoms with E-state index >= 15 is 0 Å². The molecule has 1 aromatic heterocycles. The first-order valence-electron chi connectivity index (χ1n) is 11.7. The van der Waals surface area contributed by atoms with E-state index in [1.54, 1.807) is 12.1 Å². The van der Waals surface area contributed by atoms with Crippen molar-refractivity contribution in [2.24, 2.45) is 0 Å². The maximum atomic E-state index is 13.7. The molecule has 2 heterocycles. The fourth-order valence-corrected chi connectivity index (χ4v) is 4.32. The summed E-state index contributed by atoms with van der Waals surface area (Å²) in [5.74, 6) is -0.299. The number of amides is 1. The molecule has 0 N–H and O–H groups in total. The largest absolute Gasteiger partial charge is 0.378 e. The first-order chi connectivity index (χ1) is 16.9. The number of halogens is 1. The molecule has 3 aromatic carbocycles. The van der Waals surface area contributed by atoms with Gasteiger partial charge in [-0.1, -0.05) is 12.1 Å². The standard InChI is InChI=1S/C28H28FN5O/c1-32(2)23-6-4-5-20(17-23)27-26(19-7-10-22(29)11-8-19)31-25-18-21(9-12-24(25)30-27)28(35)34-15-13-33(3)14-16-34/h4-12,17-18H,13-16H2,1-3H3. The normalized spacial score (nSPS) is 14.3. The van der Waals surface area contributed by atoms with Crippen LogP contribution in [0.3, 0.4) is 0 Å². The molecule has 35 heavy (non-hydrogen) atoms. The first kappa shape index (κ1) is 22.9. The number of hydrogen-bond acceptors (Lipinski definition) is 5. The van der Waals surface area contributed by atoms with E-state index in [2.05, 4.69) is 18.0 Å². The zero-order valence-corrected chi connectivity index (χ0v) is 20.2. The number of hydrogen-bond donors (Lipinski definition) is 0. The average molecular weight is 470 g/mol. The van der Waals surface area contributed by atoms with Gasteiger partial charge in [0.25, 0.3) is 5.91 Å². The summed E-state index contributed by atoms with van der Waals surface area (Å²) in [6.07, 6.45) is 0. The molecule has 0 unspecified atom stereocenters. The second-order valence-electron chi connectivity index (χ2n) is 9.17. The summed E-state index contributed by atoms with van der Waals surface area (Å²) in [5, 5.41) is 0. The van der Waals surface area contributed by atoms with E-state index < -0.39 is 0 Å². The highest BCUT2D eigenvalue weighted by Gasteiger charge is 2.21. The predicted octanol–water partition coefficient (Wildman–Crippen LogP) is 4.56. The van der Waals surface area contributed by atoms with Gasteiger partial charge >= 0.3 is 0 Å². The van der Waals surface area contributed by atoms with E-state index in [9.17, 15) is 9.18 Å². The topological polar surface area (TPSA) is 52.6 Å². The molecule has 1 aliphatic rings. The molecule has 6 nitrogen and oxygen atoms in total. The SMILES string of the molecule is CN1CCN(C(=O)c2ccc3nc(-c4cccc(N(C)C)c4)c(-c4ccc(F)cc4)nc3c2)CC1. The monoisotopic (exact) mass is 469 g/mol. The van der Waals surface area contributed by atoms with Gasteiger partial charge in [0.15, 0.2) is 0 Å². The van der Waals surface area contributed by atoms with Crippen molar-refractivity contribution in [3.05, 3.63) is 78.1 Å². The van der Waals surface area contributed by atoms with E-state index in [4.69, 9.17) is 9.97 Å². The highest BCUT2D eigenvalue weighted by atomic mass is 19.1. The number of likely N-dealkylation sites (N-methyl/N-ethyl adjacent to an activating group) is 1. The van der Waals surface area contributed by atoms with Crippen molar-refractivity contribution < 1.29 is 9.18 Å². The predicted molar refractivity (Wildman–Crippen MR) is 138 cm³/mol. The summed E-state index contributed by atoms with van der Waals surface area (Å²) in [7, 11) is 6.05. The highest BCUT2D eigenvalue weighted by molar-refractivity contribution is 5.98. The maximum Gasteiger partial charge on any atom is 0.254 e. The van der Waals surface area contributed by atoms with Crippen LogP contribution in [-0.4, -0.2) is 73.0 Å². The van der Waals surface area contributed by atoms with Crippen molar-refractivity contribution >= 4 is 22.6 Å². The Kier molecular flexibility index (Phi) is 6.17. The van der Waals surface area contributed by atoms with Crippen LogP contribution in [0, 0.1) is 5.82 Å². The zero-order chi connectivity index (χ0) is 24.5. The average Bonchev–Trinajstić information content (AvgIpc) is 2.88. The molecule has 0 radical (unpaired) electrons. The van der Waals surface area contributed by atoms with Gasteiger partial charge in [0.2, 0.25) is 0 Å². The molecule has 1 aliphatic heterocycles. The molecule has 1 saturated heterocycles. The Labute approximate surface area is 204 Å². The van der Waals surface area contributed by atoms with Crippen molar-refractivity contribution in [3.63, 3.8) is 0 Å². The lowest BCUT2D eigenvalue weighted by Gasteiger charge is -2.32. The fraction of sp³-hybridized carbons (Fsp3) is 0.250. The quantitative estimate of drug-likeness (QED) is 0.439. The molecule has 1 fully saturated rings. The van der Waals surface area contributed by atoms with Crippen molar-refractivity contribution in [2.45, 2.75) is 0 Å². The van der Waals surface area contributed by atoms with Gasteiger partial charge < -0.3 is 14.7 Å². The molecule has 7 heteroatoms. The van der Waals surface area contributed by atoms with Crippen LogP contribution in [0.4, 0.5) is 10.1 Å². The van der Waals surface area contributed by atoms with E-state index in [1.807, 2.05) is 60.3 Å². The molecule has 0 spiro atoms. The summed E-state index contributed by atoms with van der Waals surface area (Å²) >= 11 is 0. The number of piperazine rings is 1. The summed E-state index contributed by atoms with van der Waals surface area (Å²) in [4.78, 5) is 29.2. The molecule has 178 valence electrons.